The Morgan fingerprint density at radius 2 is 2.07 bits per heavy atom. The first kappa shape index (κ1) is 20.6. The van der Waals surface area contributed by atoms with Crippen molar-refractivity contribution in [3.63, 3.8) is 0 Å². The van der Waals surface area contributed by atoms with Gasteiger partial charge in [-0.3, -0.25) is 9.69 Å². The Bertz CT molecular complexity index is 1060. The normalized spacial score (nSPS) is 20.3. The van der Waals surface area contributed by atoms with Crippen molar-refractivity contribution in [3.05, 3.63) is 51.6 Å². The maximum Gasteiger partial charge on any atom is 0.307 e. The summed E-state index contributed by atoms with van der Waals surface area (Å²) in [5.41, 5.74) is 2.79. The molecule has 2 fully saturated rings. The van der Waals surface area contributed by atoms with Crippen molar-refractivity contribution in [2.75, 3.05) is 13.1 Å². The van der Waals surface area contributed by atoms with E-state index in [1.165, 1.54) is 36.2 Å². The summed E-state index contributed by atoms with van der Waals surface area (Å²) >= 11 is 1.34. The van der Waals surface area contributed by atoms with E-state index < -0.39 is 0 Å². The smallest absolute Gasteiger partial charge is 0.307 e. The monoisotopic (exact) mass is 433 g/mol. The summed E-state index contributed by atoms with van der Waals surface area (Å²) in [6, 6.07) is 7.09. The van der Waals surface area contributed by atoms with Gasteiger partial charge < -0.3 is 14.5 Å². The van der Waals surface area contributed by atoms with Gasteiger partial charge in [-0.25, -0.2) is 4.98 Å². The highest BCUT2D eigenvalue weighted by Gasteiger charge is 2.56. The number of imidazole rings is 1. The van der Waals surface area contributed by atoms with E-state index in [4.69, 9.17) is 0 Å². The number of nitrogens with one attached hydrogen (secondary N) is 1. The molecule has 0 radical (unpaired) electrons. The van der Waals surface area contributed by atoms with Gasteiger partial charge in [-0.05, 0) is 55.5 Å². The van der Waals surface area contributed by atoms with E-state index >= 15 is 0 Å². The number of benzene rings is 1. The SMILES string of the molecule is Cl.Cn1ccnc1CN(Cc1ccc2c(c1)sc(=O)n2C)C1CC12CCNCC2. The number of thiazole rings is 1. The summed E-state index contributed by atoms with van der Waals surface area (Å²) in [5, 5.41) is 3.51. The van der Waals surface area contributed by atoms with Crippen LogP contribution in [0.3, 0.4) is 0 Å². The number of aromatic nitrogens is 3. The molecule has 3 aromatic rings. The maximum absolute atomic E-state index is 12.0. The average molecular weight is 434 g/mol. The van der Waals surface area contributed by atoms with Crippen molar-refractivity contribution >= 4 is 34.0 Å². The molecule has 6 nitrogen and oxygen atoms in total. The molecule has 1 aliphatic carbocycles. The largest absolute Gasteiger partial charge is 0.337 e. The van der Waals surface area contributed by atoms with Gasteiger partial charge in [-0.2, -0.15) is 0 Å². The molecule has 1 N–H and O–H groups in total. The van der Waals surface area contributed by atoms with Crippen LogP contribution in [0.25, 0.3) is 10.2 Å². The fourth-order valence-electron chi connectivity index (χ4n) is 4.82. The number of aryl methyl sites for hydroxylation is 2. The molecule has 1 aromatic carbocycles. The van der Waals surface area contributed by atoms with Crippen LogP contribution in [0.5, 0.6) is 0 Å². The third-order valence-electron chi connectivity index (χ3n) is 6.69. The molecule has 0 bridgehead atoms. The second kappa shape index (κ2) is 7.87. The zero-order valence-corrected chi connectivity index (χ0v) is 18.6. The van der Waals surface area contributed by atoms with Crippen LogP contribution in [0.2, 0.25) is 0 Å². The van der Waals surface area contributed by atoms with Gasteiger partial charge in [0.25, 0.3) is 0 Å². The van der Waals surface area contributed by atoms with Crippen molar-refractivity contribution in [3.8, 4) is 0 Å². The Morgan fingerprint density at radius 3 is 2.79 bits per heavy atom. The summed E-state index contributed by atoms with van der Waals surface area (Å²) in [4.78, 5) is 19.3. The Morgan fingerprint density at radius 1 is 1.28 bits per heavy atom. The number of piperidine rings is 1. The van der Waals surface area contributed by atoms with Crippen LogP contribution in [0.4, 0.5) is 0 Å². The van der Waals surface area contributed by atoms with Gasteiger partial charge in [0.1, 0.15) is 5.82 Å². The Labute approximate surface area is 181 Å². The number of rotatable bonds is 5. The Balaban J connectivity index is 0.00000205. The summed E-state index contributed by atoms with van der Waals surface area (Å²) in [6.45, 7) is 4.04. The lowest BCUT2D eigenvalue weighted by Crippen LogP contribution is -2.36. The third kappa shape index (κ3) is 3.77. The average Bonchev–Trinajstić information content (AvgIpc) is 3.08. The highest BCUT2D eigenvalue weighted by Crippen LogP contribution is 2.56. The van der Waals surface area contributed by atoms with Crippen molar-refractivity contribution in [1.82, 2.24) is 24.3 Å². The molecule has 1 aliphatic heterocycles. The first-order chi connectivity index (χ1) is 13.6. The standard InChI is InChI=1S/C21H27N5OS.ClH/c1-24-10-9-23-19(24)14-26(18-12-21(18)5-7-22-8-6-21)13-15-3-4-16-17(11-15)28-20(27)25(16)2;/h3-4,9-11,18,22H,5-8,12-14H2,1-2H3;1H. The fraction of sp³-hybridized carbons (Fsp3) is 0.524. The van der Waals surface area contributed by atoms with E-state index in [2.05, 4.69) is 45.0 Å². The van der Waals surface area contributed by atoms with Gasteiger partial charge in [-0.1, -0.05) is 17.4 Å². The van der Waals surface area contributed by atoms with Crippen molar-refractivity contribution in [1.29, 1.82) is 0 Å². The highest BCUT2D eigenvalue weighted by atomic mass is 35.5. The van der Waals surface area contributed by atoms with E-state index in [0.717, 1.165) is 42.2 Å². The molecule has 1 unspecified atom stereocenters. The molecule has 0 amide bonds. The lowest BCUT2D eigenvalue weighted by Gasteiger charge is -2.29. The fourth-order valence-corrected chi connectivity index (χ4v) is 5.77. The van der Waals surface area contributed by atoms with Crippen molar-refractivity contribution < 1.29 is 0 Å². The van der Waals surface area contributed by atoms with Crippen molar-refractivity contribution in [2.24, 2.45) is 19.5 Å². The van der Waals surface area contributed by atoms with Gasteiger partial charge in [-0.15, -0.1) is 12.4 Å². The molecule has 1 saturated carbocycles. The summed E-state index contributed by atoms with van der Waals surface area (Å²) < 4.78 is 4.94. The molecule has 2 aromatic heterocycles. The van der Waals surface area contributed by atoms with Crippen molar-refractivity contribution in [2.45, 2.75) is 38.4 Å². The van der Waals surface area contributed by atoms with Crippen LogP contribution in [-0.4, -0.2) is 38.1 Å². The molecule has 2 aliphatic rings. The minimum absolute atomic E-state index is 0. The number of fused-ring (bicyclic) bond motifs is 1. The number of halogens is 1. The zero-order chi connectivity index (χ0) is 19.3. The summed E-state index contributed by atoms with van der Waals surface area (Å²) in [6.07, 6.45) is 7.74. The molecule has 8 heteroatoms. The molecule has 156 valence electrons. The predicted octanol–water partition coefficient (Wildman–Crippen LogP) is 2.90. The topological polar surface area (TPSA) is 55.1 Å². The molecular weight excluding hydrogens is 406 g/mol. The minimum Gasteiger partial charge on any atom is -0.337 e. The van der Waals surface area contributed by atoms with Crippen LogP contribution >= 0.6 is 23.7 Å². The molecule has 3 heterocycles. The number of hydrogen-bond acceptors (Lipinski definition) is 5. The van der Waals surface area contributed by atoms with Gasteiger partial charge in [0.2, 0.25) is 0 Å². The van der Waals surface area contributed by atoms with Gasteiger partial charge in [0.15, 0.2) is 0 Å². The Hall–Kier alpha value is -1.67. The highest BCUT2D eigenvalue weighted by molar-refractivity contribution is 7.16. The van der Waals surface area contributed by atoms with E-state index in [1.807, 2.05) is 19.4 Å². The maximum atomic E-state index is 12.0. The molecule has 1 spiro atoms. The number of nitrogens with zero attached hydrogens (tertiary/aromatic N) is 4. The van der Waals surface area contributed by atoms with E-state index in [0.29, 0.717) is 11.5 Å². The molecule has 5 rings (SSSR count). The molecule has 1 saturated heterocycles. The predicted molar refractivity (Wildman–Crippen MR) is 120 cm³/mol. The van der Waals surface area contributed by atoms with Crippen LogP contribution in [0.1, 0.15) is 30.7 Å². The van der Waals surface area contributed by atoms with Gasteiger partial charge >= 0.3 is 4.87 Å². The van der Waals surface area contributed by atoms with Crippen LogP contribution in [0.15, 0.2) is 35.4 Å². The third-order valence-corrected chi connectivity index (χ3v) is 7.69. The minimum atomic E-state index is 0. The summed E-state index contributed by atoms with van der Waals surface area (Å²) in [7, 11) is 3.92. The van der Waals surface area contributed by atoms with Crippen LogP contribution in [-0.2, 0) is 27.2 Å². The second-order valence-electron chi connectivity index (χ2n) is 8.42. The van der Waals surface area contributed by atoms with E-state index in [9.17, 15) is 4.79 Å². The van der Waals surface area contributed by atoms with Crippen LogP contribution < -0.4 is 10.2 Å². The van der Waals surface area contributed by atoms with Crippen LogP contribution in [0, 0.1) is 5.41 Å². The van der Waals surface area contributed by atoms with E-state index in [1.54, 1.807) is 4.57 Å². The Kier molecular flexibility index (Phi) is 5.59. The van der Waals surface area contributed by atoms with E-state index in [-0.39, 0.29) is 17.3 Å². The molecular formula is C21H28ClN5OS. The lowest BCUT2D eigenvalue weighted by atomic mass is 9.93. The first-order valence-corrected chi connectivity index (χ1v) is 10.9. The number of hydrogen-bond donors (Lipinski definition) is 1. The van der Waals surface area contributed by atoms with Gasteiger partial charge in [0, 0.05) is 39.1 Å². The molecule has 29 heavy (non-hydrogen) atoms. The lowest BCUT2D eigenvalue weighted by molar-refractivity contribution is 0.183. The molecule has 1 atom stereocenters. The second-order valence-corrected chi connectivity index (χ2v) is 9.41. The zero-order valence-electron chi connectivity index (χ0n) is 16.9. The van der Waals surface area contributed by atoms with Gasteiger partial charge in [0.05, 0.1) is 16.8 Å². The first-order valence-electron chi connectivity index (χ1n) is 10.1. The summed E-state index contributed by atoms with van der Waals surface area (Å²) in [5.74, 6) is 1.11. The quantitative estimate of drug-likeness (QED) is 0.672.